The molecule has 21 heavy (non-hydrogen) atoms. The number of aromatic nitrogens is 2. The van der Waals surface area contributed by atoms with Gasteiger partial charge in [-0.15, -0.1) is 0 Å². The second-order valence-electron chi connectivity index (χ2n) is 5.26. The molecule has 0 aliphatic carbocycles. The maximum absolute atomic E-state index is 12.0. The molecule has 3 heterocycles. The van der Waals surface area contributed by atoms with Gasteiger partial charge in [-0.25, -0.2) is 9.97 Å². The van der Waals surface area contributed by atoms with Gasteiger partial charge >= 0.3 is 0 Å². The van der Waals surface area contributed by atoms with Crippen LogP contribution in [0, 0.1) is 6.92 Å². The molecule has 0 bridgehead atoms. The minimum Gasteiger partial charge on any atom is -0.438 e. The van der Waals surface area contributed by atoms with Crippen LogP contribution in [-0.4, -0.2) is 35.0 Å². The number of hydrogen-bond donors (Lipinski definition) is 1. The minimum atomic E-state index is -0.212. The third kappa shape index (κ3) is 3.21. The fourth-order valence-corrected chi connectivity index (χ4v) is 2.59. The molecular weight excluding hydrogens is 268 g/mol. The zero-order valence-electron chi connectivity index (χ0n) is 12.0. The van der Waals surface area contributed by atoms with Crippen molar-refractivity contribution in [2.75, 3.05) is 18.0 Å². The van der Waals surface area contributed by atoms with Gasteiger partial charge in [0.15, 0.2) is 6.39 Å². The summed E-state index contributed by atoms with van der Waals surface area (Å²) in [5.41, 5.74) is 1.00. The third-order valence-corrected chi connectivity index (χ3v) is 3.61. The quantitative estimate of drug-likeness (QED) is 0.931. The maximum atomic E-state index is 12.0. The van der Waals surface area contributed by atoms with Crippen molar-refractivity contribution in [1.82, 2.24) is 15.3 Å². The van der Waals surface area contributed by atoms with E-state index in [4.69, 9.17) is 4.42 Å². The Morgan fingerprint density at radius 1 is 1.48 bits per heavy atom. The summed E-state index contributed by atoms with van der Waals surface area (Å²) in [7, 11) is 0. The number of amides is 1. The molecule has 0 aromatic carbocycles. The molecule has 3 rings (SSSR count). The molecule has 1 fully saturated rings. The average molecular weight is 286 g/mol. The highest BCUT2D eigenvalue weighted by Crippen LogP contribution is 2.18. The molecule has 0 spiro atoms. The van der Waals surface area contributed by atoms with Gasteiger partial charge in [0.05, 0.1) is 6.20 Å². The van der Waals surface area contributed by atoms with E-state index in [0.717, 1.165) is 37.4 Å². The van der Waals surface area contributed by atoms with Gasteiger partial charge in [-0.2, -0.15) is 0 Å². The van der Waals surface area contributed by atoms with Gasteiger partial charge in [-0.3, -0.25) is 4.79 Å². The van der Waals surface area contributed by atoms with E-state index in [9.17, 15) is 4.79 Å². The van der Waals surface area contributed by atoms with E-state index in [-0.39, 0.29) is 17.7 Å². The largest absolute Gasteiger partial charge is 0.438 e. The number of nitrogens with zero attached hydrogens (tertiary/aromatic N) is 3. The maximum Gasteiger partial charge on any atom is 0.288 e. The molecule has 1 N–H and O–H groups in total. The van der Waals surface area contributed by atoms with Crippen LogP contribution in [0.3, 0.4) is 0 Å². The molecule has 1 amide bonds. The van der Waals surface area contributed by atoms with Crippen molar-refractivity contribution in [3.05, 3.63) is 42.2 Å². The van der Waals surface area contributed by atoms with Crippen LogP contribution in [-0.2, 0) is 0 Å². The molecule has 0 unspecified atom stereocenters. The molecule has 0 radical (unpaired) electrons. The van der Waals surface area contributed by atoms with Crippen molar-refractivity contribution in [2.24, 2.45) is 0 Å². The minimum absolute atomic E-state index is 0.0960. The second kappa shape index (κ2) is 5.95. The van der Waals surface area contributed by atoms with Gasteiger partial charge in [0.25, 0.3) is 5.91 Å². The predicted octanol–water partition coefficient (Wildman–Crippen LogP) is 1.78. The van der Waals surface area contributed by atoms with E-state index in [1.54, 1.807) is 0 Å². The van der Waals surface area contributed by atoms with Crippen molar-refractivity contribution >= 4 is 11.7 Å². The van der Waals surface area contributed by atoms with Crippen LogP contribution in [0.1, 0.15) is 29.1 Å². The summed E-state index contributed by atoms with van der Waals surface area (Å²) in [4.78, 5) is 22.5. The molecule has 2 aromatic rings. The Balaban J connectivity index is 1.64. The lowest BCUT2D eigenvalue weighted by atomic mass is 10.1. The summed E-state index contributed by atoms with van der Waals surface area (Å²) in [5, 5.41) is 2.99. The van der Waals surface area contributed by atoms with E-state index in [0.29, 0.717) is 0 Å². The van der Waals surface area contributed by atoms with Crippen LogP contribution >= 0.6 is 0 Å². The first-order valence-electron chi connectivity index (χ1n) is 7.10. The van der Waals surface area contributed by atoms with Crippen molar-refractivity contribution < 1.29 is 9.21 Å². The molecule has 1 aliphatic rings. The van der Waals surface area contributed by atoms with Crippen molar-refractivity contribution in [3.63, 3.8) is 0 Å². The lowest BCUT2D eigenvalue weighted by Gasteiger charge is -2.33. The van der Waals surface area contributed by atoms with Gasteiger partial charge < -0.3 is 14.6 Å². The lowest BCUT2D eigenvalue weighted by molar-refractivity contribution is 0.0905. The van der Waals surface area contributed by atoms with E-state index in [1.165, 1.54) is 12.6 Å². The van der Waals surface area contributed by atoms with Crippen molar-refractivity contribution in [3.8, 4) is 0 Å². The fourth-order valence-electron chi connectivity index (χ4n) is 2.59. The molecule has 2 aromatic heterocycles. The Kier molecular flexibility index (Phi) is 3.85. The standard InChI is InChI=1S/C15H18N4O2/c1-11-4-2-6-14(17-11)19-7-3-5-12(9-19)18-15(20)13-8-16-10-21-13/h2,4,6,8,10,12H,3,5,7,9H2,1H3,(H,18,20)/t12-/m1/s1. The Hall–Kier alpha value is -2.37. The summed E-state index contributed by atoms with van der Waals surface area (Å²) in [5.74, 6) is 1.01. The molecule has 6 nitrogen and oxygen atoms in total. The summed E-state index contributed by atoms with van der Waals surface area (Å²) >= 11 is 0. The van der Waals surface area contributed by atoms with Crippen molar-refractivity contribution in [1.29, 1.82) is 0 Å². The van der Waals surface area contributed by atoms with Gasteiger partial charge in [0, 0.05) is 24.8 Å². The molecule has 1 aliphatic heterocycles. The Morgan fingerprint density at radius 3 is 3.14 bits per heavy atom. The number of carbonyl (C=O) groups is 1. The number of carbonyl (C=O) groups excluding carboxylic acids is 1. The van der Waals surface area contributed by atoms with E-state index in [1.807, 2.05) is 25.1 Å². The van der Waals surface area contributed by atoms with Crippen LogP contribution in [0.15, 0.2) is 35.2 Å². The first-order chi connectivity index (χ1) is 10.2. The number of oxazole rings is 1. The Labute approximate surface area is 123 Å². The normalized spacial score (nSPS) is 18.5. The van der Waals surface area contributed by atoms with Gasteiger partial charge in [0.1, 0.15) is 5.82 Å². The highest BCUT2D eigenvalue weighted by molar-refractivity contribution is 5.91. The summed E-state index contributed by atoms with van der Waals surface area (Å²) in [6, 6.07) is 6.09. The monoisotopic (exact) mass is 286 g/mol. The molecule has 1 atom stereocenters. The number of hydrogen-bond acceptors (Lipinski definition) is 5. The summed E-state index contributed by atoms with van der Waals surface area (Å²) < 4.78 is 5.01. The first kappa shape index (κ1) is 13.6. The predicted molar refractivity (Wildman–Crippen MR) is 78.2 cm³/mol. The fraction of sp³-hybridized carbons (Fsp3) is 0.400. The van der Waals surface area contributed by atoms with Crippen LogP contribution in [0.25, 0.3) is 0 Å². The second-order valence-corrected chi connectivity index (χ2v) is 5.26. The van der Waals surface area contributed by atoms with Crippen LogP contribution < -0.4 is 10.2 Å². The molecule has 110 valence electrons. The number of piperidine rings is 1. The zero-order valence-corrected chi connectivity index (χ0v) is 12.0. The molecule has 6 heteroatoms. The Bertz CT molecular complexity index is 612. The van der Waals surface area contributed by atoms with E-state index < -0.39 is 0 Å². The summed E-state index contributed by atoms with van der Waals surface area (Å²) in [6.07, 6.45) is 4.68. The van der Waals surface area contributed by atoms with Crippen LogP contribution in [0.2, 0.25) is 0 Å². The number of nitrogens with one attached hydrogen (secondary N) is 1. The van der Waals surface area contributed by atoms with Gasteiger partial charge in [-0.1, -0.05) is 6.07 Å². The molecule has 0 saturated carbocycles. The zero-order chi connectivity index (χ0) is 14.7. The lowest BCUT2D eigenvalue weighted by Crippen LogP contribution is -2.48. The molecule has 1 saturated heterocycles. The van der Waals surface area contributed by atoms with E-state index >= 15 is 0 Å². The highest BCUT2D eigenvalue weighted by atomic mass is 16.3. The van der Waals surface area contributed by atoms with E-state index in [2.05, 4.69) is 20.2 Å². The third-order valence-electron chi connectivity index (χ3n) is 3.61. The average Bonchev–Trinajstić information content (AvgIpc) is 3.02. The summed E-state index contributed by atoms with van der Waals surface area (Å²) in [6.45, 7) is 3.71. The number of anilines is 1. The van der Waals surface area contributed by atoms with Crippen LogP contribution in [0.4, 0.5) is 5.82 Å². The molecular formula is C15H18N4O2. The Morgan fingerprint density at radius 2 is 2.38 bits per heavy atom. The van der Waals surface area contributed by atoms with Gasteiger partial charge in [0.2, 0.25) is 5.76 Å². The smallest absolute Gasteiger partial charge is 0.288 e. The van der Waals surface area contributed by atoms with Crippen molar-refractivity contribution in [2.45, 2.75) is 25.8 Å². The van der Waals surface area contributed by atoms with Crippen LogP contribution in [0.5, 0.6) is 0 Å². The number of pyridine rings is 1. The first-order valence-corrected chi connectivity index (χ1v) is 7.10. The topological polar surface area (TPSA) is 71.3 Å². The number of rotatable bonds is 3. The van der Waals surface area contributed by atoms with Gasteiger partial charge in [-0.05, 0) is 31.9 Å². The number of aryl methyl sites for hydroxylation is 1. The highest BCUT2D eigenvalue weighted by Gasteiger charge is 2.23. The SMILES string of the molecule is Cc1cccc(N2CCC[C@@H](NC(=O)c3cnco3)C2)n1.